The van der Waals surface area contributed by atoms with Gasteiger partial charge in [-0.3, -0.25) is 4.90 Å². The van der Waals surface area contributed by atoms with E-state index in [1.165, 1.54) is 51.6 Å². The Morgan fingerprint density at radius 1 is 1.00 bits per heavy atom. The van der Waals surface area contributed by atoms with Crippen molar-refractivity contribution in [2.24, 2.45) is 17.6 Å². The minimum absolute atomic E-state index is 0.357. The Hall–Kier alpha value is -0.0800. The molecule has 16 heavy (non-hydrogen) atoms. The van der Waals surface area contributed by atoms with Crippen molar-refractivity contribution in [3.8, 4) is 0 Å². The van der Waals surface area contributed by atoms with Crippen LogP contribution in [0.25, 0.3) is 0 Å². The summed E-state index contributed by atoms with van der Waals surface area (Å²) in [6.07, 6.45) is 8.28. The lowest BCUT2D eigenvalue weighted by Crippen LogP contribution is -2.52. The molecule has 2 aliphatic rings. The summed E-state index contributed by atoms with van der Waals surface area (Å²) >= 11 is 0. The van der Waals surface area contributed by atoms with Crippen LogP contribution < -0.4 is 5.73 Å². The summed E-state index contributed by atoms with van der Waals surface area (Å²) in [5, 5.41) is 0. The van der Waals surface area contributed by atoms with E-state index in [9.17, 15) is 0 Å². The van der Waals surface area contributed by atoms with E-state index in [4.69, 9.17) is 5.73 Å². The summed E-state index contributed by atoms with van der Waals surface area (Å²) in [7, 11) is 0. The van der Waals surface area contributed by atoms with E-state index >= 15 is 0 Å². The van der Waals surface area contributed by atoms with E-state index < -0.39 is 0 Å². The molecule has 0 spiro atoms. The standard InChI is InChI=1S/C14H28N2/c1-12-9-16(10-13(12)2)14(11-15)7-5-3-4-6-8-14/h12-13H,3-11,15H2,1-2H3. The average Bonchev–Trinajstić information content (AvgIpc) is 2.54. The largest absolute Gasteiger partial charge is 0.329 e. The Morgan fingerprint density at radius 3 is 1.94 bits per heavy atom. The van der Waals surface area contributed by atoms with Crippen LogP contribution in [0.1, 0.15) is 52.4 Å². The molecule has 1 aliphatic heterocycles. The molecule has 2 fully saturated rings. The van der Waals surface area contributed by atoms with E-state index in [0.29, 0.717) is 5.54 Å². The topological polar surface area (TPSA) is 29.3 Å². The molecule has 0 aromatic heterocycles. The normalized spacial score (nSPS) is 36.2. The summed E-state index contributed by atoms with van der Waals surface area (Å²) < 4.78 is 0. The van der Waals surface area contributed by atoms with Gasteiger partial charge in [-0.15, -0.1) is 0 Å². The molecule has 2 unspecified atom stereocenters. The van der Waals surface area contributed by atoms with Gasteiger partial charge in [0.15, 0.2) is 0 Å². The fourth-order valence-corrected chi connectivity index (χ4v) is 3.55. The Bertz CT molecular complexity index is 209. The SMILES string of the molecule is CC1CN(C2(CN)CCCCCC2)CC1C. The van der Waals surface area contributed by atoms with Crippen molar-refractivity contribution in [3.05, 3.63) is 0 Å². The fraction of sp³-hybridized carbons (Fsp3) is 1.00. The van der Waals surface area contributed by atoms with Crippen LogP contribution in [0.3, 0.4) is 0 Å². The highest BCUT2D eigenvalue weighted by molar-refractivity contribution is 4.97. The fourth-order valence-electron chi connectivity index (χ4n) is 3.55. The maximum atomic E-state index is 6.14. The van der Waals surface area contributed by atoms with Crippen LogP contribution in [0.5, 0.6) is 0 Å². The lowest BCUT2D eigenvalue weighted by Gasteiger charge is -2.41. The van der Waals surface area contributed by atoms with Crippen LogP contribution in [0.15, 0.2) is 0 Å². The molecule has 2 nitrogen and oxygen atoms in total. The molecule has 1 heterocycles. The van der Waals surface area contributed by atoms with Crippen molar-refractivity contribution < 1.29 is 0 Å². The van der Waals surface area contributed by atoms with Gasteiger partial charge in [0.2, 0.25) is 0 Å². The number of rotatable bonds is 2. The molecular weight excluding hydrogens is 196 g/mol. The lowest BCUT2D eigenvalue weighted by molar-refractivity contribution is 0.0993. The number of likely N-dealkylation sites (tertiary alicyclic amines) is 1. The average molecular weight is 224 g/mol. The highest BCUT2D eigenvalue weighted by atomic mass is 15.2. The Morgan fingerprint density at radius 2 is 1.50 bits per heavy atom. The van der Waals surface area contributed by atoms with Gasteiger partial charge >= 0.3 is 0 Å². The first kappa shape index (κ1) is 12.4. The van der Waals surface area contributed by atoms with Crippen molar-refractivity contribution in [2.75, 3.05) is 19.6 Å². The molecule has 2 heteroatoms. The van der Waals surface area contributed by atoms with E-state index in [0.717, 1.165) is 18.4 Å². The second-order valence-corrected chi connectivity index (χ2v) is 6.20. The van der Waals surface area contributed by atoms with Gasteiger partial charge in [-0.25, -0.2) is 0 Å². The Balaban J connectivity index is 2.08. The molecule has 1 saturated heterocycles. The Labute approximate surface area is 101 Å². The van der Waals surface area contributed by atoms with Crippen LogP contribution in [-0.4, -0.2) is 30.1 Å². The minimum atomic E-state index is 0.357. The third kappa shape index (κ3) is 2.28. The third-order valence-corrected chi connectivity index (χ3v) is 5.07. The van der Waals surface area contributed by atoms with Crippen LogP contribution >= 0.6 is 0 Å². The molecule has 0 aromatic rings. The van der Waals surface area contributed by atoms with Gasteiger partial charge in [0.05, 0.1) is 0 Å². The quantitative estimate of drug-likeness (QED) is 0.731. The van der Waals surface area contributed by atoms with Crippen molar-refractivity contribution in [1.82, 2.24) is 4.90 Å². The van der Waals surface area contributed by atoms with Crippen molar-refractivity contribution >= 4 is 0 Å². The predicted molar refractivity (Wildman–Crippen MR) is 69.4 cm³/mol. The minimum Gasteiger partial charge on any atom is -0.329 e. The first-order chi connectivity index (χ1) is 7.68. The van der Waals surface area contributed by atoms with Crippen molar-refractivity contribution in [3.63, 3.8) is 0 Å². The van der Waals surface area contributed by atoms with Gasteiger partial charge < -0.3 is 5.73 Å². The molecule has 0 radical (unpaired) electrons. The lowest BCUT2D eigenvalue weighted by atomic mass is 9.88. The highest BCUT2D eigenvalue weighted by Gasteiger charge is 2.40. The summed E-state index contributed by atoms with van der Waals surface area (Å²) in [5.41, 5.74) is 6.49. The van der Waals surface area contributed by atoms with E-state index in [1.807, 2.05) is 0 Å². The van der Waals surface area contributed by atoms with Crippen LogP contribution in [-0.2, 0) is 0 Å². The molecule has 0 amide bonds. The first-order valence-electron chi connectivity index (χ1n) is 7.13. The van der Waals surface area contributed by atoms with Crippen molar-refractivity contribution in [2.45, 2.75) is 57.9 Å². The van der Waals surface area contributed by atoms with Gasteiger partial charge in [-0.05, 0) is 24.7 Å². The zero-order valence-electron chi connectivity index (χ0n) is 11.0. The number of hydrogen-bond donors (Lipinski definition) is 1. The molecule has 1 aliphatic carbocycles. The monoisotopic (exact) mass is 224 g/mol. The molecule has 94 valence electrons. The molecule has 2 rings (SSSR count). The van der Waals surface area contributed by atoms with Crippen LogP contribution in [0.2, 0.25) is 0 Å². The van der Waals surface area contributed by atoms with E-state index in [1.54, 1.807) is 0 Å². The molecular formula is C14H28N2. The van der Waals surface area contributed by atoms with Gasteiger partial charge in [0.1, 0.15) is 0 Å². The maximum absolute atomic E-state index is 6.14. The van der Waals surface area contributed by atoms with Crippen LogP contribution in [0, 0.1) is 11.8 Å². The van der Waals surface area contributed by atoms with E-state index in [2.05, 4.69) is 18.7 Å². The van der Waals surface area contributed by atoms with Gasteiger partial charge in [0.25, 0.3) is 0 Å². The third-order valence-electron chi connectivity index (χ3n) is 5.07. The summed E-state index contributed by atoms with van der Waals surface area (Å²) in [6.45, 7) is 8.21. The second-order valence-electron chi connectivity index (χ2n) is 6.20. The van der Waals surface area contributed by atoms with Gasteiger partial charge in [-0.1, -0.05) is 39.5 Å². The first-order valence-corrected chi connectivity index (χ1v) is 7.13. The predicted octanol–water partition coefficient (Wildman–Crippen LogP) is 2.63. The Kier molecular flexibility index (Phi) is 3.91. The smallest absolute Gasteiger partial charge is 0.0331 e. The molecule has 2 N–H and O–H groups in total. The maximum Gasteiger partial charge on any atom is 0.0331 e. The van der Waals surface area contributed by atoms with Crippen LogP contribution in [0.4, 0.5) is 0 Å². The highest BCUT2D eigenvalue weighted by Crippen LogP contribution is 2.36. The van der Waals surface area contributed by atoms with Gasteiger partial charge in [0, 0.05) is 25.2 Å². The molecule has 0 bridgehead atoms. The van der Waals surface area contributed by atoms with Gasteiger partial charge in [-0.2, -0.15) is 0 Å². The summed E-state index contributed by atoms with van der Waals surface area (Å²) in [4.78, 5) is 2.73. The second kappa shape index (κ2) is 5.05. The zero-order chi connectivity index (χ0) is 11.6. The summed E-state index contributed by atoms with van der Waals surface area (Å²) in [6, 6.07) is 0. The number of hydrogen-bond acceptors (Lipinski definition) is 2. The molecule has 2 atom stereocenters. The number of nitrogens with two attached hydrogens (primary N) is 1. The van der Waals surface area contributed by atoms with E-state index in [-0.39, 0.29) is 0 Å². The zero-order valence-corrected chi connectivity index (χ0v) is 11.0. The summed E-state index contributed by atoms with van der Waals surface area (Å²) in [5.74, 6) is 1.71. The molecule has 0 aromatic carbocycles. The van der Waals surface area contributed by atoms with Crippen molar-refractivity contribution in [1.29, 1.82) is 0 Å². The molecule has 1 saturated carbocycles. The number of nitrogens with zero attached hydrogens (tertiary/aromatic N) is 1.